The second-order valence-electron chi connectivity index (χ2n) is 5.75. The third-order valence-electron chi connectivity index (χ3n) is 3.52. The van der Waals surface area contributed by atoms with Gasteiger partial charge in [-0.15, -0.1) is 0 Å². The van der Waals surface area contributed by atoms with Gasteiger partial charge in [-0.3, -0.25) is 0 Å². The van der Waals surface area contributed by atoms with Crippen molar-refractivity contribution < 1.29 is 19.4 Å². The first-order valence-corrected chi connectivity index (χ1v) is 6.91. The minimum Gasteiger partial charge on any atom is -0.480 e. The van der Waals surface area contributed by atoms with Crippen LogP contribution in [0.2, 0.25) is 0 Å². The molecule has 0 aliphatic heterocycles. The Labute approximate surface area is 123 Å². The fourth-order valence-electron chi connectivity index (χ4n) is 2.19. The average Bonchev–Trinajstić information content (AvgIpc) is 3.21. The topological polar surface area (TPSA) is 87.7 Å². The molecule has 1 aliphatic rings. The molecule has 0 atom stereocenters. The number of amides is 2. The summed E-state index contributed by atoms with van der Waals surface area (Å²) in [5.74, 6) is -0.217. The molecule has 6 nitrogen and oxygen atoms in total. The maximum Gasteiger partial charge on any atom is 0.341 e. The molecule has 0 unspecified atom stereocenters. The minimum atomic E-state index is -1.07. The van der Waals surface area contributed by atoms with Gasteiger partial charge < -0.3 is 20.5 Å². The molecule has 0 spiro atoms. The number of ether oxygens (including phenoxy) is 1. The molecule has 1 aromatic rings. The van der Waals surface area contributed by atoms with E-state index in [1.807, 2.05) is 13.8 Å². The lowest BCUT2D eigenvalue weighted by molar-refractivity contribution is -0.139. The number of hydrogen-bond donors (Lipinski definition) is 3. The van der Waals surface area contributed by atoms with Crippen LogP contribution in [-0.4, -0.2) is 29.3 Å². The molecule has 0 heterocycles. The van der Waals surface area contributed by atoms with Gasteiger partial charge in [-0.1, -0.05) is 12.1 Å². The molecule has 3 N–H and O–H groups in total. The normalized spacial score (nSPS) is 14.4. The van der Waals surface area contributed by atoms with E-state index in [0.717, 1.165) is 12.8 Å². The maximum atomic E-state index is 12.1. The first kappa shape index (κ1) is 15.2. The fraction of sp³-hybridized carbons (Fsp3) is 0.467. The molecule has 2 amide bonds. The van der Waals surface area contributed by atoms with Crippen LogP contribution >= 0.6 is 0 Å². The second kappa shape index (κ2) is 6.03. The Balaban J connectivity index is 1.98. The van der Waals surface area contributed by atoms with Crippen LogP contribution in [0.25, 0.3) is 0 Å². The van der Waals surface area contributed by atoms with Crippen molar-refractivity contribution in [2.75, 3.05) is 11.9 Å². The van der Waals surface area contributed by atoms with E-state index in [2.05, 4.69) is 10.6 Å². The van der Waals surface area contributed by atoms with Crippen molar-refractivity contribution in [1.29, 1.82) is 0 Å². The summed E-state index contributed by atoms with van der Waals surface area (Å²) in [5, 5.41) is 14.3. The molecule has 0 radical (unpaired) electrons. The van der Waals surface area contributed by atoms with E-state index in [1.165, 1.54) is 0 Å². The van der Waals surface area contributed by atoms with Gasteiger partial charge in [-0.05, 0) is 44.7 Å². The van der Waals surface area contributed by atoms with Gasteiger partial charge >= 0.3 is 12.0 Å². The first-order valence-electron chi connectivity index (χ1n) is 6.91. The number of benzene rings is 1. The van der Waals surface area contributed by atoms with Crippen molar-refractivity contribution in [2.45, 2.75) is 32.2 Å². The quantitative estimate of drug-likeness (QED) is 0.751. The molecule has 21 heavy (non-hydrogen) atoms. The number of carboxylic acid groups (broad SMARTS) is 1. The smallest absolute Gasteiger partial charge is 0.341 e. The number of urea groups is 1. The zero-order valence-corrected chi connectivity index (χ0v) is 12.2. The van der Waals surface area contributed by atoms with Crippen LogP contribution in [0.5, 0.6) is 5.75 Å². The molecule has 0 aromatic heterocycles. The number of aliphatic carboxylic acids is 1. The highest BCUT2D eigenvalue weighted by atomic mass is 16.5. The van der Waals surface area contributed by atoms with Crippen LogP contribution < -0.4 is 15.4 Å². The number of rotatable bonds is 6. The largest absolute Gasteiger partial charge is 0.480 e. The zero-order chi connectivity index (χ0) is 15.5. The summed E-state index contributed by atoms with van der Waals surface area (Å²) in [4.78, 5) is 22.6. The van der Waals surface area contributed by atoms with Gasteiger partial charge in [0.25, 0.3) is 0 Å². The van der Waals surface area contributed by atoms with E-state index in [0.29, 0.717) is 17.4 Å². The first-order chi connectivity index (χ1) is 9.88. The summed E-state index contributed by atoms with van der Waals surface area (Å²) in [6, 6.07) is 6.42. The Morgan fingerprint density at radius 2 is 2.00 bits per heavy atom. The third-order valence-corrected chi connectivity index (χ3v) is 3.52. The van der Waals surface area contributed by atoms with Crippen LogP contribution in [-0.2, 0) is 4.79 Å². The Bertz CT molecular complexity index is 538. The maximum absolute atomic E-state index is 12.1. The summed E-state index contributed by atoms with van der Waals surface area (Å²) in [6.07, 6.45) is 2.26. The summed E-state index contributed by atoms with van der Waals surface area (Å²) in [7, 11) is 0. The molecule has 0 bridgehead atoms. The van der Waals surface area contributed by atoms with Gasteiger partial charge in [0.1, 0.15) is 5.75 Å². The average molecular weight is 292 g/mol. The molecule has 114 valence electrons. The fourth-order valence-corrected chi connectivity index (χ4v) is 2.19. The van der Waals surface area contributed by atoms with Gasteiger partial charge in [-0.2, -0.15) is 0 Å². The number of nitrogens with one attached hydrogen (secondary N) is 2. The lowest BCUT2D eigenvalue weighted by Crippen LogP contribution is -2.47. The van der Waals surface area contributed by atoms with E-state index in [4.69, 9.17) is 9.84 Å². The predicted octanol–water partition coefficient (Wildman–Crippen LogP) is 2.46. The molecule has 1 fully saturated rings. The molecule has 1 saturated carbocycles. The van der Waals surface area contributed by atoms with E-state index in [1.54, 1.807) is 24.3 Å². The second-order valence-corrected chi connectivity index (χ2v) is 5.75. The van der Waals surface area contributed by atoms with Gasteiger partial charge in [0.15, 0.2) is 6.61 Å². The highest BCUT2D eigenvalue weighted by Crippen LogP contribution is 2.39. The number of carbonyl (C=O) groups excluding carboxylic acids is 1. The summed E-state index contributed by atoms with van der Waals surface area (Å²) < 4.78 is 5.15. The highest BCUT2D eigenvalue weighted by Gasteiger charge is 2.38. The van der Waals surface area contributed by atoms with Gasteiger partial charge in [-0.25, -0.2) is 9.59 Å². The van der Waals surface area contributed by atoms with Crippen molar-refractivity contribution >= 4 is 17.7 Å². The van der Waals surface area contributed by atoms with Crippen LogP contribution in [0.4, 0.5) is 10.5 Å². The summed E-state index contributed by atoms with van der Waals surface area (Å²) >= 11 is 0. The van der Waals surface area contributed by atoms with E-state index < -0.39 is 12.6 Å². The van der Waals surface area contributed by atoms with Crippen LogP contribution in [0.3, 0.4) is 0 Å². The molecule has 1 aromatic carbocycles. The van der Waals surface area contributed by atoms with E-state index in [9.17, 15) is 9.59 Å². The van der Waals surface area contributed by atoms with Crippen LogP contribution in [0.1, 0.15) is 26.7 Å². The van der Waals surface area contributed by atoms with E-state index in [-0.39, 0.29) is 11.6 Å². The lowest BCUT2D eigenvalue weighted by atomic mass is 9.99. The van der Waals surface area contributed by atoms with Crippen LogP contribution in [0, 0.1) is 5.92 Å². The predicted molar refractivity (Wildman–Crippen MR) is 78.5 cm³/mol. The number of carbonyl (C=O) groups is 2. The van der Waals surface area contributed by atoms with Crippen molar-refractivity contribution in [3.63, 3.8) is 0 Å². The third kappa shape index (κ3) is 4.37. The SMILES string of the molecule is CC(C)(NC(=O)Nc1ccccc1OCC(=O)O)C1CC1. The molecular formula is C15H20N2O4. The Morgan fingerprint density at radius 1 is 1.33 bits per heavy atom. The minimum absolute atomic E-state index is 0.249. The lowest BCUT2D eigenvalue weighted by Gasteiger charge is -2.26. The Morgan fingerprint density at radius 3 is 2.62 bits per heavy atom. The number of hydrogen-bond acceptors (Lipinski definition) is 3. The van der Waals surface area contributed by atoms with Crippen LogP contribution in [0.15, 0.2) is 24.3 Å². The van der Waals surface area contributed by atoms with Crippen molar-refractivity contribution in [2.24, 2.45) is 5.92 Å². The van der Waals surface area contributed by atoms with Crippen molar-refractivity contribution in [3.8, 4) is 5.75 Å². The summed E-state index contributed by atoms with van der Waals surface area (Å²) in [5.41, 5.74) is 0.198. The van der Waals surface area contributed by atoms with Gasteiger partial charge in [0.2, 0.25) is 0 Å². The molecule has 2 rings (SSSR count). The molecule has 0 saturated heterocycles. The number of carboxylic acids is 1. The summed E-state index contributed by atoms with van der Waals surface area (Å²) in [6.45, 7) is 3.54. The van der Waals surface area contributed by atoms with Gasteiger partial charge in [0.05, 0.1) is 5.69 Å². The van der Waals surface area contributed by atoms with Crippen molar-refractivity contribution in [3.05, 3.63) is 24.3 Å². The Kier molecular flexibility index (Phi) is 4.35. The monoisotopic (exact) mass is 292 g/mol. The van der Waals surface area contributed by atoms with E-state index >= 15 is 0 Å². The molecular weight excluding hydrogens is 272 g/mol. The highest BCUT2D eigenvalue weighted by molar-refractivity contribution is 5.91. The standard InChI is InChI=1S/C15H20N2O4/c1-15(2,10-7-8-10)17-14(20)16-11-5-3-4-6-12(11)21-9-13(18)19/h3-6,10H,7-9H2,1-2H3,(H,18,19)(H2,16,17,20). The molecule has 6 heteroatoms. The number of anilines is 1. The number of para-hydroxylation sites is 2. The van der Waals surface area contributed by atoms with Gasteiger partial charge in [0, 0.05) is 5.54 Å². The molecule has 1 aliphatic carbocycles. The van der Waals surface area contributed by atoms with Crippen molar-refractivity contribution in [1.82, 2.24) is 5.32 Å². The zero-order valence-electron chi connectivity index (χ0n) is 12.2. The Hall–Kier alpha value is -2.24.